The van der Waals surface area contributed by atoms with E-state index in [1.807, 2.05) is 4.57 Å². The maximum absolute atomic E-state index is 12.6. The summed E-state index contributed by atoms with van der Waals surface area (Å²) >= 11 is 0. The molecule has 2 N–H and O–H groups in total. The molecule has 0 aliphatic carbocycles. The van der Waals surface area contributed by atoms with Crippen LogP contribution in [0.2, 0.25) is 0 Å². The van der Waals surface area contributed by atoms with Crippen molar-refractivity contribution in [3.63, 3.8) is 0 Å². The van der Waals surface area contributed by atoms with Crippen molar-refractivity contribution in [2.75, 3.05) is 25.5 Å². The number of piperidine rings is 1. The number of hydrogen-bond donors (Lipinski definition) is 2. The van der Waals surface area contributed by atoms with E-state index in [1.165, 1.54) is 16.7 Å². The van der Waals surface area contributed by atoms with Crippen LogP contribution in [-0.4, -0.2) is 71.7 Å². The Hall–Kier alpha value is -3.96. The first-order valence-electron chi connectivity index (χ1n) is 9.70. The van der Waals surface area contributed by atoms with Crippen LogP contribution in [0, 0.1) is 0 Å². The van der Waals surface area contributed by atoms with E-state index in [9.17, 15) is 14.7 Å². The number of anilines is 1. The predicted molar refractivity (Wildman–Crippen MR) is 109 cm³/mol. The van der Waals surface area contributed by atoms with Crippen molar-refractivity contribution < 1.29 is 19.4 Å². The van der Waals surface area contributed by atoms with Crippen LogP contribution in [0.4, 0.5) is 10.6 Å². The Morgan fingerprint density at radius 3 is 2.94 bits per heavy atom. The molecule has 4 heterocycles. The first-order valence-corrected chi connectivity index (χ1v) is 9.70. The molecule has 162 valence electrons. The summed E-state index contributed by atoms with van der Waals surface area (Å²) in [5.41, 5.74) is 0.803. The van der Waals surface area contributed by atoms with E-state index in [1.54, 1.807) is 37.8 Å². The standard InChI is InChI=1S/C19H22N8O4/c1-25-10-13(18(24-25)31-2)17(28)22-15-7-3-6-14(21-15)16-23-20-11-27(16)12-5-4-8-26(9-12)19(29)30/h3,6-7,10-12H,4-5,8-9H2,1-2H3,(H,29,30)(H,21,22,28). The Balaban J connectivity index is 1.56. The lowest BCUT2D eigenvalue weighted by atomic mass is 10.1. The highest BCUT2D eigenvalue weighted by Crippen LogP contribution is 2.27. The van der Waals surface area contributed by atoms with Gasteiger partial charge < -0.3 is 24.6 Å². The fraction of sp³-hybridized carbons (Fsp3) is 0.368. The second-order valence-corrected chi connectivity index (χ2v) is 7.17. The van der Waals surface area contributed by atoms with Crippen LogP contribution in [0.25, 0.3) is 11.5 Å². The number of ether oxygens (including phenoxy) is 1. The topological polar surface area (TPSA) is 140 Å². The third-order valence-corrected chi connectivity index (χ3v) is 5.09. The molecule has 0 radical (unpaired) electrons. The summed E-state index contributed by atoms with van der Waals surface area (Å²) in [6.45, 7) is 0.873. The summed E-state index contributed by atoms with van der Waals surface area (Å²) in [4.78, 5) is 29.9. The van der Waals surface area contributed by atoms with Gasteiger partial charge in [0.05, 0.1) is 13.2 Å². The molecule has 4 rings (SSSR count). The number of nitrogens with one attached hydrogen (secondary N) is 1. The Bertz CT molecular complexity index is 1110. The number of pyridine rings is 1. The van der Waals surface area contributed by atoms with E-state index in [0.29, 0.717) is 30.4 Å². The van der Waals surface area contributed by atoms with E-state index >= 15 is 0 Å². The molecule has 3 aromatic heterocycles. The normalized spacial score (nSPS) is 16.2. The molecule has 1 aliphatic heterocycles. The summed E-state index contributed by atoms with van der Waals surface area (Å²) in [7, 11) is 3.14. The zero-order chi connectivity index (χ0) is 22.0. The molecule has 1 aliphatic rings. The SMILES string of the molecule is COc1nn(C)cc1C(=O)Nc1cccc(-c2nncn2C2CCCN(C(=O)O)C2)n1. The minimum Gasteiger partial charge on any atom is -0.479 e. The molecule has 12 heteroatoms. The van der Waals surface area contributed by atoms with Gasteiger partial charge >= 0.3 is 6.09 Å². The maximum Gasteiger partial charge on any atom is 0.407 e. The second-order valence-electron chi connectivity index (χ2n) is 7.17. The highest BCUT2D eigenvalue weighted by atomic mass is 16.5. The van der Waals surface area contributed by atoms with Gasteiger partial charge in [0, 0.05) is 26.3 Å². The van der Waals surface area contributed by atoms with Crippen LogP contribution in [0.15, 0.2) is 30.7 Å². The number of likely N-dealkylation sites (tertiary alicyclic amines) is 1. The molecule has 0 saturated carbocycles. The fourth-order valence-electron chi connectivity index (χ4n) is 3.64. The van der Waals surface area contributed by atoms with E-state index in [2.05, 4.69) is 25.6 Å². The summed E-state index contributed by atoms with van der Waals surface area (Å²) in [5.74, 6) is 0.655. The summed E-state index contributed by atoms with van der Waals surface area (Å²) in [6.07, 6.45) is 3.77. The minimum absolute atomic E-state index is 0.0884. The molecular weight excluding hydrogens is 404 g/mol. The van der Waals surface area contributed by atoms with Crippen molar-refractivity contribution in [2.24, 2.45) is 7.05 Å². The van der Waals surface area contributed by atoms with E-state index in [0.717, 1.165) is 12.8 Å². The minimum atomic E-state index is -0.937. The Labute approximate surface area is 177 Å². The Kier molecular flexibility index (Phi) is 5.52. The lowest BCUT2D eigenvalue weighted by Gasteiger charge is -2.31. The molecular formula is C19H22N8O4. The second kappa shape index (κ2) is 8.42. The Morgan fingerprint density at radius 1 is 1.32 bits per heavy atom. The van der Waals surface area contributed by atoms with Crippen molar-refractivity contribution in [1.29, 1.82) is 0 Å². The van der Waals surface area contributed by atoms with Crippen LogP contribution in [0.5, 0.6) is 5.88 Å². The molecule has 12 nitrogen and oxygen atoms in total. The quantitative estimate of drug-likeness (QED) is 0.627. The molecule has 1 fully saturated rings. The van der Waals surface area contributed by atoms with Crippen LogP contribution < -0.4 is 10.1 Å². The highest BCUT2D eigenvalue weighted by molar-refractivity contribution is 6.05. The van der Waals surface area contributed by atoms with Crippen molar-refractivity contribution in [1.82, 2.24) is 34.4 Å². The highest BCUT2D eigenvalue weighted by Gasteiger charge is 2.27. The van der Waals surface area contributed by atoms with Gasteiger partial charge in [-0.3, -0.25) is 9.48 Å². The average Bonchev–Trinajstić information content (AvgIpc) is 3.40. The summed E-state index contributed by atoms with van der Waals surface area (Å²) < 4.78 is 8.47. The molecule has 1 saturated heterocycles. The lowest BCUT2D eigenvalue weighted by Crippen LogP contribution is -2.39. The number of aryl methyl sites for hydroxylation is 1. The smallest absolute Gasteiger partial charge is 0.407 e. The zero-order valence-corrected chi connectivity index (χ0v) is 17.1. The first kappa shape index (κ1) is 20.3. The number of carboxylic acid groups (broad SMARTS) is 1. The largest absolute Gasteiger partial charge is 0.479 e. The van der Waals surface area contributed by atoms with Crippen LogP contribution in [0.1, 0.15) is 29.2 Å². The van der Waals surface area contributed by atoms with Gasteiger partial charge in [0.1, 0.15) is 23.4 Å². The Morgan fingerprint density at radius 2 is 2.16 bits per heavy atom. The van der Waals surface area contributed by atoms with Gasteiger partial charge in [-0.25, -0.2) is 9.78 Å². The summed E-state index contributed by atoms with van der Waals surface area (Å²) in [6, 6.07) is 5.09. The summed E-state index contributed by atoms with van der Waals surface area (Å²) in [5, 5.41) is 24.3. The average molecular weight is 426 g/mol. The van der Waals surface area contributed by atoms with Gasteiger partial charge in [-0.1, -0.05) is 6.07 Å². The molecule has 2 amide bonds. The zero-order valence-electron chi connectivity index (χ0n) is 17.1. The van der Waals surface area contributed by atoms with Crippen LogP contribution in [-0.2, 0) is 7.05 Å². The number of hydrogen-bond acceptors (Lipinski definition) is 7. The third kappa shape index (κ3) is 4.17. The van der Waals surface area contributed by atoms with Crippen LogP contribution >= 0.6 is 0 Å². The molecule has 3 aromatic rings. The number of methoxy groups -OCH3 is 1. The number of rotatable bonds is 5. The predicted octanol–water partition coefficient (Wildman–Crippen LogP) is 1.65. The maximum atomic E-state index is 12.6. The molecule has 1 atom stereocenters. The van der Waals surface area contributed by atoms with E-state index in [4.69, 9.17) is 4.74 Å². The van der Waals surface area contributed by atoms with E-state index < -0.39 is 12.0 Å². The van der Waals surface area contributed by atoms with E-state index in [-0.39, 0.29) is 17.5 Å². The van der Waals surface area contributed by atoms with Crippen molar-refractivity contribution in [3.8, 4) is 17.4 Å². The molecule has 31 heavy (non-hydrogen) atoms. The first-order chi connectivity index (χ1) is 15.0. The van der Waals surface area contributed by atoms with Gasteiger partial charge in [-0.2, -0.15) is 0 Å². The number of amides is 2. The lowest BCUT2D eigenvalue weighted by molar-refractivity contribution is 0.102. The molecule has 0 spiro atoms. The number of aromatic nitrogens is 6. The monoisotopic (exact) mass is 426 g/mol. The van der Waals surface area contributed by atoms with Gasteiger partial charge in [-0.15, -0.1) is 15.3 Å². The van der Waals surface area contributed by atoms with Gasteiger partial charge in [0.25, 0.3) is 5.91 Å². The van der Waals surface area contributed by atoms with Gasteiger partial charge in [0.15, 0.2) is 5.82 Å². The third-order valence-electron chi connectivity index (χ3n) is 5.09. The van der Waals surface area contributed by atoms with Gasteiger partial charge in [0.2, 0.25) is 5.88 Å². The molecule has 1 unspecified atom stereocenters. The molecule has 0 aromatic carbocycles. The molecule has 0 bridgehead atoms. The van der Waals surface area contributed by atoms with Crippen LogP contribution in [0.3, 0.4) is 0 Å². The number of carbonyl (C=O) groups is 2. The number of carbonyl (C=O) groups excluding carboxylic acids is 1. The van der Waals surface area contributed by atoms with Crippen molar-refractivity contribution >= 4 is 17.8 Å². The van der Waals surface area contributed by atoms with Crippen molar-refractivity contribution in [3.05, 3.63) is 36.3 Å². The number of nitrogens with zero attached hydrogens (tertiary/aromatic N) is 7. The van der Waals surface area contributed by atoms with Crippen molar-refractivity contribution in [2.45, 2.75) is 18.9 Å². The van der Waals surface area contributed by atoms with Gasteiger partial charge in [-0.05, 0) is 25.0 Å². The fourth-order valence-corrected chi connectivity index (χ4v) is 3.64.